The van der Waals surface area contributed by atoms with Gasteiger partial charge in [0.1, 0.15) is 0 Å². The Morgan fingerprint density at radius 1 is 1.53 bits per heavy atom. The normalized spacial score (nSPS) is 10.1. The van der Waals surface area contributed by atoms with Gasteiger partial charge in [-0.1, -0.05) is 0 Å². The van der Waals surface area contributed by atoms with Crippen molar-refractivity contribution in [3.8, 4) is 0 Å². The molecule has 1 rings (SSSR count). The maximum atomic E-state index is 10.5. The van der Waals surface area contributed by atoms with Gasteiger partial charge < -0.3 is 10.0 Å². The van der Waals surface area contributed by atoms with Crippen molar-refractivity contribution in [3.63, 3.8) is 0 Å². The molecular formula is C10H14N2O3. The molecule has 0 saturated heterocycles. The molecule has 82 valence electrons. The lowest BCUT2D eigenvalue weighted by atomic mass is 10.1. The van der Waals surface area contributed by atoms with Gasteiger partial charge in [-0.25, -0.2) is 0 Å². The summed E-state index contributed by atoms with van der Waals surface area (Å²) in [6.45, 7) is 2.39. The van der Waals surface area contributed by atoms with Crippen molar-refractivity contribution in [1.29, 1.82) is 0 Å². The molecule has 0 aromatic heterocycles. The predicted octanol–water partition coefficient (Wildman–Crippen LogP) is 1.33. The number of aliphatic hydroxyl groups excluding tert-OH is 1. The van der Waals surface area contributed by atoms with E-state index in [4.69, 9.17) is 5.11 Å². The first kappa shape index (κ1) is 11.5. The summed E-state index contributed by atoms with van der Waals surface area (Å²) in [6, 6.07) is 4.70. The lowest BCUT2D eigenvalue weighted by Gasteiger charge is -2.19. The maximum Gasteiger partial charge on any atom is 0.269 e. The molecule has 0 saturated carbocycles. The number of non-ortho nitro benzene ring substituents is 1. The molecule has 0 amide bonds. The Balaban J connectivity index is 2.97. The molecular weight excluding hydrogens is 196 g/mol. The van der Waals surface area contributed by atoms with Crippen molar-refractivity contribution in [3.05, 3.63) is 33.9 Å². The van der Waals surface area contributed by atoms with Gasteiger partial charge in [0.15, 0.2) is 0 Å². The first-order valence-electron chi connectivity index (χ1n) is 4.63. The summed E-state index contributed by atoms with van der Waals surface area (Å²) in [6.07, 6.45) is 0. The van der Waals surface area contributed by atoms with Crippen LogP contribution in [0.5, 0.6) is 0 Å². The van der Waals surface area contributed by atoms with Crippen LogP contribution in [0.25, 0.3) is 0 Å². The second-order valence-corrected chi connectivity index (χ2v) is 3.37. The zero-order chi connectivity index (χ0) is 11.4. The van der Waals surface area contributed by atoms with Gasteiger partial charge in [-0.15, -0.1) is 0 Å². The van der Waals surface area contributed by atoms with E-state index in [9.17, 15) is 10.1 Å². The third-order valence-electron chi connectivity index (χ3n) is 2.24. The predicted molar refractivity (Wildman–Crippen MR) is 58.2 cm³/mol. The minimum absolute atomic E-state index is 0.0624. The second kappa shape index (κ2) is 4.75. The van der Waals surface area contributed by atoms with Crippen molar-refractivity contribution in [2.24, 2.45) is 0 Å². The van der Waals surface area contributed by atoms with Gasteiger partial charge in [-0.3, -0.25) is 10.1 Å². The highest BCUT2D eigenvalue weighted by Crippen LogP contribution is 2.23. The van der Waals surface area contributed by atoms with E-state index in [1.54, 1.807) is 6.07 Å². The van der Waals surface area contributed by atoms with E-state index in [2.05, 4.69) is 0 Å². The Morgan fingerprint density at radius 2 is 2.20 bits per heavy atom. The molecule has 0 fully saturated rings. The van der Waals surface area contributed by atoms with Crippen molar-refractivity contribution < 1.29 is 10.0 Å². The van der Waals surface area contributed by atoms with Crippen LogP contribution >= 0.6 is 0 Å². The fraction of sp³-hybridized carbons (Fsp3) is 0.400. The van der Waals surface area contributed by atoms with Crippen LogP contribution in [0.15, 0.2) is 18.2 Å². The zero-order valence-electron chi connectivity index (χ0n) is 8.80. The van der Waals surface area contributed by atoms with E-state index < -0.39 is 4.92 Å². The van der Waals surface area contributed by atoms with Crippen LogP contribution in [0.2, 0.25) is 0 Å². The highest BCUT2D eigenvalue weighted by atomic mass is 16.6. The molecule has 1 N–H and O–H groups in total. The van der Waals surface area contributed by atoms with Gasteiger partial charge >= 0.3 is 0 Å². The molecule has 0 aliphatic heterocycles. The third-order valence-corrected chi connectivity index (χ3v) is 2.24. The summed E-state index contributed by atoms with van der Waals surface area (Å²) < 4.78 is 0. The highest BCUT2D eigenvalue weighted by molar-refractivity contribution is 5.56. The number of nitrogens with zero attached hydrogens (tertiary/aromatic N) is 2. The van der Waals surface area contributed by atoms with Crippen molar-refractivity contribution in [2.75, 3.05) is 25.1 Å². The number of nitro groups is 1. The molecule has 1 aromatic carbocycles. The zero-order valence-corrected chi connectivity index (χ0v) is 8.80. The number of anilines is 1. The van der Waals surface area contributed by atoms with Crippen LogP contribution in [0.3, 0.4) is 0 Å². The Hall–Kier alpha value is -1.62. The largest absolute Gasteiger partial charge is 0.395 e. The van der Waals surface area contributed by atoms with Crippen LogP contribution in [-0.2, 0) is 0 Å². The summed E-state index contributed by atoms with van der Waals surface area (Å²) in [5.41, 5.74) is 1.82. The minimum Gasteiger partial charge on any atom is -0.395 e. The number of rotatable bonds is 4. The highest BCUT2D eigenvalue weighted by Gasteiger charge is 2.10. The maximum absolute atomic E-state index is 10.5. The molecule has 0 spiro atoms. The van der Waals surface area contributed by atoms with Gasteiger partial charge in [0, 0.05) is 31.4 Å². The first-order chi connectivity index (χ1) is 7.06. The van der Waals surface area contributed by atoms with Crippen LogP contribution in [0.4, 0.5) is 11.4 Å². The molecule has 15 heavy (non-hydrogen) atoms. The smallest absolute Gasteiger partial charge is 0.269 e. The molecule has 0 heterocycles. The quantitative estimate of drug-likeness (QED) is 0.601. The van der Waals surface area contributed by atoms with E-state index in [-0.39, 0.29) is 12.3 Å². The SMILES string of the molecule is Cc1cc([N+](=O)[O-])ccc1N(C)CCO. The number of aryl methyl sites for hydroxylation is 1. The van der Waals surface area contributed by atoms with E-state index in [0.29, 0.717) is 6.54 Å². The summed E-state index contributed by atoms with van der Waals surface area (Å²) in [5, 5.41) is 19.3. The summed E-state index contributed by atoms with van der Waals surface area (Å²) in [5.74, 6) is 0. The molecule has 0 radical (unpaired) electrons. The lowest BCUT2D eigenvalue weighted by molar-refractivity contribution is -0.384. The topological polar surface area (TPSA) is 66.6 Å². The fourth-order valence-electron chi connectivity index (χ4n) is 1.45. The van der Waals surface area contributed by atoms with Gasteiger partial charge in [-0.2, -0.15) is 0 Å². The first-order valence-corrected chi connectivity index (χ1v) is 4.63. The van der Waals surface area contributed by atoms with Gasteiger partial charge in [0.05, 0.1) is 11.5 Å². The number of hydrogen-bond acceptors (Lipinski definition) is 4. The fourth-order valence-corrected chi connectivity index (χ4v) is 1.45. The van der Waals surface area contributed by atoms with Gasteiger partial charge in [-0.05, 0) is 18.6 Å². The molecule has 0 bridgehead atoms. The molecule has 0 aliphatic carbocycles. The number of hydrogen-bond donors (Lipinski definition) is 1. The van der Waals surface area contributed by atoms with Crippen molar-refractivity contribution in [2.45, 2.75) is 6.92 Å². The van der Waals surface area contributed by atoms with Crippen LogP contribution in [0.1, 0.15) is 5.56 Å². The van der Waals surface area contributed by atoms with Gasteiger partial charge in [0.25, 0.3) is 5.69 Å². The number of aliphatic hydroxyl groups is 1. The van der Waals surface area contributed by atoms with Crippen LogP contribution in [-0.4, -0.2) is 30.2 Å². The number of likely N-dealkylation sites (N-methyl/N-ethyl adjacent to an activating group) is 1. The second-order valence-electron chi connectivity index (χ2n) is 3.37. The molecule has 5 heteroatoms. The molecule has 1 aromatic rings. The summed E-state index contributed by atoms with van der Waals surface area (Å²) >= 11 is 0. The molecule has 0 atom stereocenters. The number of nitro benzene ring substituents is 1. The van der Waals surface area contributed by atoms with Gasteiger partial charge in [0.2, 0.25) is 0 Å². The van der Waals surface area contributed by atoms with Crippen LogP contribution in [0, 0.1) is 17.0 Å². The van der Waals surface area contributed by atoms with E-state index in [0.717, 1.165) is 11.3 Å². The van der Waals surface area contributed by atoms with Crippen molar-refractivity contribution >= 4 is 11.4 Å². The Kier molecular flexibility index (Phi) is 3.62. The lowest BCUT2D eigenvalue weighted by Crippen LogP contribution is -2.21. The average Bonchev–Trinajstić information content (AvgIpc) is 2.17. The monoisotopic (exact) mass is 210 g/mol. The summed E-state index contributed by atoms with van der Waals surface area (Å²) in [7, 11) is 1.84. The standard InChI is InChI=1S/C10H14N2O3/c1-8-7-9(12(14)15)3-4-10(8)11(2)5-6-13/h3-4,7,13H,5-6H2,1-2H3. The average molecular weight is 210 g/mol. The molecule has 0 unspecified atom stereocenters. The molecule has 5 nitrogen and oxygen atoms in total. The minimum atomic E-state index is -0.414. The van der Waals surface area contributed by atoms with Crippen molar-refractivity contribution in [1.82, 2.24) is 0 Å². The third kappa shape index (κ3) is 2.66. The van der Waals surface area contributed by atoms with Crippen LogP contribution < -0.4 is 4.90 Å². The molecule has 0 aliphatic rings. The Labute approximate surface area is 88.1 Å². The Bertz CT molecular complexity index is 366. The number of benzene rings is 1. The van der Waals surface area contributed by atoms with E-state index >= 15 is 0 Å². The van der Waals surface area contributed by atoms with E-state index in [1.807, 2.05) is 18.9 Å². The summed E-state index contributed by atoms with van der Waals surface area (Å²) in [4.78, 5) is 12.0. The Morgan fingerprint density at radius 3 is 2.67 bits per heavy atom. The van der Waals surface area contributed by atoms with E-state index in [1.165, 1.54) is 12.1 Å².